The van der Waals surface area contributed by atoms with Crippen molar-refractivity contribution in [3.05, 3.63) is 30.1 Å². The van der Waals surface area contributed by atoms with Crippen molar-refractivity contribution >= 4 is 22.8 Å². The molecule has 152 valence electrons. The highest BCUT2D eigenvalue weighted by molar-refractivity contribution is 5.89. The standard InChI is InChI=1S/C22H32N4O2/c1-15(2)13-25-14-17(12-21(25)27)22(28)23-11-7-10-20-24-18-8-5-6-9-19(18)26(20)16(3)4/h5-6,8-9,15-17H,7,10-14H2,1-4H3,(H,23,28). The van der Waals surface area contributed by atoms with E-state index in [4.69, 9.17) is 4.98 Å². The van der Waals surface area contributed by atoms with E-state index in [1.165, 1.54) is 0 Å². The Balaban J connectivity index is 1.51. The van der Waals surface area contributed by atoms with Gasteiger partial charge in [0.1, 0.15) is 5.82 Å². The fraction of sp³-hybridized carbons (Fsp3) is 0.591. The third-order valence-corrected chi connectivity index (χ3v) is 5.23. The molecule has 1 fully saturated rings. The molecular formula is C22H32N4O2. The zero-order chi connectivity index (χ0) is 20.3. The van der Waals surface area contributed by atoms with Gasteiger partial charge in [0.05, 0.1) is 17.0 Å². The fourth-order valence-electron chi connectivity index (χ4n) is 4.01. The normalized spacial score (nSPS) is 17.3. The van der Waals surface area contributed by atoms with Gasteiger partial charge in [-0.15, -0.1) is 0 Å². The van der Waals surface area contributed by atoms with Gasteiger partial charge in [-0.2, -0.15) is 0 Å². The van der Waals surface area contributed by atoms with Crippen molar-refractivity contribution in [2.75, 3.05) is 19.6 Å². The number of fused-ring (bicyclic) bond motifs is 1. The summed E-state index contributed by atoms with van der Waals surface area (Å²) in [4.78, 5) is 31.1. The Bertz CT molecular complexity index is 840. The van der Waals surface area contributed by atoms with Gasteiger partial charge in [-0.1, -0.05) is 26.0 Å². The van der Waals surface area contributed by atoms with E-state index >= 15 is 0 Å². The molecule has 1 N–H and O–H groups in total. The minimum Gasteiger partial charge on any atom is -0.356 e. The first-order valence-electron chi connectivity index (χ1n) is 10.4. The number of hydrogen-bond donors (Lipinski definition) is 1. The van der Waals surface area contributed by atoms with Crippen molar-refractivity contribution in [1.82, 2.24) is 19.8 Å². The van der Waals surface area contributed by atoms with Gasteiger partial charge in [0.15, 0.2) is 0 Å². The number of carbonyl (C=O) groups is 2. The van der Waals surface area contributed by atoms with Gasteiger partial charge in [-0.3, -0.25) is 9.59 Å². The summed E-state index contributed by atoms with van der Waals surface area (Å²) in [6.45, 7) is 10.4. The van der Waals surface area contributed by atoms with Gasteiger partial charge in [0.2, 0.25) is 11.8 Å². The van der Waals surface area contributed by atoms with Gasteiger partial charge >= 0.3 is 0 Å². The lowest BCUT2D eigenvalue weighted by Crippen LogP contribution is -2.34. The Morgan fingerprint density at radius 1 is 1.25 bits per heavy atom. The molecule has 1 aliphatic heterocycles. The van der Waals surface area contributed by atoms with Crippen LogP contribution in [0.4, 0.5) is 0 Å². The molecule has 28 heavy (non-hydrogen) atoms. The molecule has 1 aromatic carbocycles. The molecule has 0 bridgehead atoms. The number of para-hydroxylation sites is 2. The molecule has 0 radical (unpaired) electrons. The number of carbonyl (C=O) groups excluding carboxylic acids is 2. The van der Waals surface area contributed by atoms with Gasteiger partial charge in [-0.05, 0) is 38.3 Å². The van der Waals surface area contributed by atoms with Gasteiger partial charge in [0, 0.05) is 38.5 Å². The number of hydrogen-bond acceptors (Lipinski definition) is 3. The fourth-order valence-corrected chi connectivity index (χ4v) is 4.01. The highest BCUT2D eigenvalue weighted by Gasteiger charge is 2.34. The van der Waals surface area contributed by atoms with Crippen molar-refractivity contribution in [2.24, 2.45) is 11.8 Å². The van der Waals surface area contributed by atoms with Crippen LogP contribution in [0.2, 0.25) is 0 Å². The molecule has 2 amide bonds. The molecule has 0 spiro atoms. The lowest BCUT2D eigenvalue weighted by Gasteiger charge is -2.18. The molecule has 6 nitrogen and oxygen atoms in total. The number of likely N-dealkylation sites (tertiary alicyclic amines) is 1. The molecule has 0 saturated carbocycles. The van der Waals surface area contributed by atoms with Crippen molar-refractivity contribution in [1.29, 1.82) is 0 Å². The number of rotatable bonds is 8. The van der Waals surface area contributed by atoms with Crippen LogP contribution in [0.3, 0.4) is 0 Å². The van der Waals surface area contributed by atoms with Crippen LogP contribution in [0.5, 0.6) is 0 Å². The molecule has 1 aliphatic rings. The van der Waals surface area contributed by atoms with Crippen molar-refractivity contribution in [3.8, 4) is 0 Å². The monoisotopic (exact) mass is 384 g/mol. The molecule has 6 heteroatoms. The van der Waals surface area contributed by atoms with Crippen LogP contribution in [0.15, 0.2) is 24.3 Å². The molecule has 2 heterocycles. The molecule has 1 atom stereocenters. The summed E-state index contributed by atoms with van der Waals surface area (Å²) < 4.78 is 2.27. The SMILES string of the molecule is CC(C)CN1CC(C(=O)NCCCc2nc3ccccc3n2C(C)C)CC1=O. The Morgan fingerprint density at radius 2 is 2.00 bits per heavy atom. The number of nitrogens with zero attached hydrogens (tertiary/aromatic N) is 3. The minimum atomic E-state index is -0.216. The minimum absolute atomic E-state index is 0.00281. The van der Waals surface area contributed by atoms with Crippen LogP contribution in [0.1, 0.15) is 52.4 Å². The third-order valence-electron chi connectivity index (χ3n) is 5.23. The van der Waals surface area contributed by atoms with E-state index in [1.807, 2.05) is 23.1 Å². The topological polar surface area (TPSA) is 67.2 Å². The van der Waals surface area contributed by atoms with Crippen molar-refractivity contribution in [3.63, 3.8) is 0 Å². The first-order chi connectivity index (χ1) is 13.4. The maximum Gasteiger partial charge on any atom is 0.225 e. The number of aromatic nitrogens is 2. The lowest BCUT2D eigenvalue weighted by atomic mass is 10.1. The van der Waals surface area contributed by atoms with Crippen LogP contribution in [-0.4, -0.2) is 45.9 Å². The van der Waals surface area contributed by atoms with Crippen LogP contribution >= 0.6 is 0 Å². The first kappa shape index (κ1) is 20.4. The second-order valence-electron chi connectivity index (χ2n) is 8.47. The summed E-state index contributed by atoms with van der Waals surface area (Å²) in [6.07, 6.45) is 1.98. The average Bonchev–Trinajstić information content (AvgIpc) is 3.18. The highest BCUT2D eigenvalue weighted by Crippen LogP contribution is 2.22. The summed E-state index contributed by atoms with van der Waals surface area (Å²) in [7, 11) is 0. The van der Waals surface area contributed by atoms with E-state index in [-0.39, 0.29) is 17.7 Å². The van der Waals surface area contributed by atoms with E-state index in [0.717, 1.165) is 36.2 Å². The van der Waals surface area contributed by atoms with E-state index in [0.29, 0.717) is 31.5 Å². The lowest BCUT2D eigenvalue weighted by molar-refractivity contribution is -0.129. The van der Waals surface area contributed by atoms with E-state index < -0.39 is 0 Å². The van der Waals surface area contributed by atoms with Crippen LogP contribution in [0.25, 0.3) is 11.0 Å². The largest absolute Gasteiger partial charge is 0.356 e. The molecule has 3 rings (SSSR count). The second-order valence-corrected chi connectivity index (χ2v) is 8.47. The smallest absolute Gasteiger partial charge is 0.225 e. The number of aryl methyl sites for hydroxylation is 1. The van der Waals surface area contributed by atoms with Crippen molar-refractivity contribution < 1.29 is 9.59 Å². The van der Waals surface area contributed by atoms with Gasteiger partial charge < -0.3 is 14.8 Å². The first-order valence-corrected chi connectivity index (χ1v) is 10.4. The van der Waals surface area contributed by atoms with E-state index in [9.17, 15) is 9.59 Å². The zero-order valence-electron chi connectivity index (χ0n) is 17.4. The number of nitrogens with one attached hydrogen (secondary N) is 1. The Kier molecular flexibility index (Phi) is 6.37. The summed E-state index contributed by atoms with van der Waals surface area (Å²) in [5, 5.41) is 3.02. The zero-order valence-corrected chi connectivity index (χ0v) is 17.4. The highest BCUT2D eigenvalue weighted by atomic mass is 16.2. The van der Waals surface area contributed by atoms with Crippen LogP contribution in [0, 0.1) is 11.8 Å². The summed E-state index contributed by atoms with van der Waals surface area (Å²) in [5.41, 5.74) is 2.18. The molecule has 1 saturated heterocycles. The predicted molar refractivity (Wildman–Crippen MR) is 111 cm³/mol. The van der Waals surface area contributed by atoms with Crippen LogP contribution < -0.4 is 5.32 Å². The molecule has 0 aliphatic carbocycles. The summed E-state index contributed by atoms with van der Waals surface area (Å²) >= 11 is 0. The number of benzene rings is 1. The Morgan fingerprint density at radius 3 is 2.71 bits per heavy atom. The summed E-state index contributed by atoms with van der Waals surface area (Å²) in [6, 6.07) is 8.54. The Hall–Kier alpha value is -2.37. The number of amides is 2. The quantitative estimate of drug-likeness (QED) is 0.711. The number of imidazole rings is 1. The third kappa shape index (κ3) is 4.54. The van der Waals surface area contributed by atoms with Gasteiger partial charge in [-0.25, -0.2) is 4.98 Å². The van der Waals surface area contributed by atoms with Crippen molar-refractivity contribution in [2.45, 2.75) is 53.0 Å². The molecule has 1 aromatic heterocycles. The van der Waals surface area contributed by atoms with Crippen LogP contribution in [-0.2, 0) is 16.0 Å². The Labute approximate surface area is 167 Å². The van der Waals surface area contributed by atoms with E-state index in [2.05, 4.69) is 43.6 Å². The maximum atomic E-state index is 12.4. The average molecular weight is 385 g/mol. The molecule has 2 aromatic rings. The predicted octanol–water partition coefficient (Wildman–Crippen LogP) is 3.17. The maximum absolute atomic E-state index is 12.4. The second kappa shape index (κ2) is 8.76. The molecular weight excluding hydrogens is 352 g/mol. The molecule has 1 unspecified atom stereocenters. The summed E-state index contributed by atoms with van der Waals surface area (Å²) in [5.74, 6) is 1.36. The van der Waals surface area contributed by atoms with E-state index in [1.54, 1.807) is 0 Å². The van der Waals surface area contributed by atoms with Gasteiger partial charge in [0.25, 0.3) is 0 Å².